The number of hydrogen-bond acceptors (Lipinski definition) is 9. The van der Waals surface area contributed by atoms with E-state index in [0.717, 1.165) is 10.5 Å². The molecule has 1 aromatic carbocycles. The highest BCUT2D eigenvalue weighted by Crippen LogP contribution is 2.54. The van der Waals surface area contributed by atoms with Gasteiger partial charge in [0.25, 0.3) is 5.69 Å². The van der Waals surface area contributed by atoms with Crippen LogP contribution in [0.3, 0.4) is 0 Å². The zero-order chi connectivity index (χ0) is 27.1. The van der Waals surface area contributed by atoms with Gasteiger partial charge in [0.15, 0.2) is 8.32 Å². The summed E-state index contributed by atoms with van der Waals surface area (Å²) in [6.45, 7) is 14.3. The molecule has 0 spiro atoms. The van der Waals surface area contributed by atoms with Crippen molar-refractivity contribution < 1.29 is 28.4 Å². The van der Waals surface area contributed by atoms with E-state index < -0.39 is 13.2 Å². The molecule has 3 atom stereocenters. The molecule has 12 heteroatoms. The van der Waals surface area contributed by atoms with Crippen LogP contribution in [-0.4, -0.2) is 60.6 Å². The molecule has 0 saturated carbocycles. The Morgan fingerprint density at radius 3 is 2.46 bits per heavy atom. The van der Waals surface area contributed by atoms with E-state index in [2.05, 4.69) is 33.9 Å². The molecule has 4 rings (SSSR count). The summed E-state index contributed by atoms with van der Waals surface area (Å²) in [5.41, 5.74) is 1.35. The minimum atomic E-state index is -2.06. The van der Waals surface area contributed by atoms with Crippen molar-refractivity contribution in [3.8, 4) is 0 Å². The lowest BCUT2D eigenvalue weighted by molar-refractivity contribution is -0.384. The van der Waals surface area contributed by atoms with E-state index in [1.54, 1.807) is 28.8 Å². The Bertz CT molecular complexity index is 1100. The second-order valence-electron chi connectivity index (χ2n) is 11.1. The van der Waals surface area contributed by atoms with Crippen molar-refractivity contribution in [2.24, 2.45) is 11.8 Å². The normalized spacial score (nSPS) is 23.5. The number of nitro groups is 1. The van der Waals surface area contributed by atoms with Crippen LogP contribution >= 0.6 is 24.0 Å². The molecule has 1 amide bonds. The van der Waals surface area contributed by atoms with Crippen LogP contribution in [0, 0.1) is 22.0 Å². The van der Waals surface area contributed by atoms with E-state index in [-0.39, 0.29) is 58.4 Å². The van der Waals surface area contributed by atoms with E-state index >= 15 is 0 Å². The van der Waals surface area contributed by atoms with Crippen molar-refractivity contribution in [2.45, 2.75) is 63.9 Å². The second kappa shape index (κ2) is 10.7. The van der Waals surface area contributed by atoms with Crippen molar-refractivity contribution in [3.63, 3.8) is 0 Å². The summed E-state index contributed by atoms with van der Waals surface area (Å²) in [5.74, 6) is -0.354. The minimum Gasteiger partial charge on any atom is -0.477 e. The smallest absolute Gasteiger partial charge is 0.269 e. The molecule has 3 aliphatic rings. The molecule has 2 fully saturated rings. The van der Waals surface area contributed by atoms with Crippen LogP contribution < -0.4 is 0 Å². The average molecular weight is 567 g/mol. The fourth-order valence-corrected chi connectivity index (χ4v) is 7.81. The third kappa shape index (κ3) is 5.64. The third-order valence-electron chi connectivity index (χ3n) is 7.48. The first-order valence-corrected chi connectivity index (χ1v) is 16.5. The first kappa shape index (κ1) is 28.2. The number of thiocarbonyl (C=S) groups is 1. The Kier molecular flexibility index (Phi) is 8.18. The van der Waals surface area contributed by atoms with Crippen LogP contribution in [0.4, 0.5) is 5.69 Å². The summed E-state index contributed by atoms with van der Waals surface area (Å²) in [5, 5.41) is 11.1. The number of rotatable bonds is 8. The fraction of sp³-hybridized carbons (Fsp3) is 0.600. The number of nitrogens with zero attached hydrogens (tertiary/aromatic N) is 2. The molecule has 0 N–H and O–H groups in total. The molecular formula is C25H34N2O7S2Si. The van der Waals surface area contributed by atoms with Crippen LogP contribution in [0.25, 0.3) is 0 Å². The maximum atomic E-state index is 13.5. The van der Waals surface area contributed by atoms with Crippen molar-refractivity contribution in [1.29, 1.82) is 0 Å². The van der Waals surface area contributed by atoms with E-state index in [1.165, 1.54) is 12.1 Å². The van der Waals surface area contributed by atoms with Gasteiger partial charge in [-0.3, -0.25) is 19.8 Å². The number of amides is 1. The van der Waals surface area contributed by atoms with Gasteiger partial charge >= 0.3 is 0 Å². The Hall–Kier alpha value is -1.83. The predicted molar refractivity (Wildman–Crippen MR) is 147 cm³/mol. The molecule has 3 heterocycles. The summed E-state index contributed by atoms with van der Waals surface area (Å²) in [6, 6.07) is 6.13. The van der Waals surface area contributed by atoms with Crippen LogP contribution in [0.15, 0.2) is 34.9 Å². The first-order valence-electron chi connectivity index (χ1n) is 12.3. The van der Waals surface area contributed by atoms with Gasteiger partial charge in [0, 0.05) is 23.0 Å². The number of carbonyl (C=O) groups is 1. The zero-order valence-corrected chi connectivity index (χ0v) is 24.6. The summed E-state index contributed by atoms with van der Waals surface area (Å²) in [6.07, 6.45) is -0.226. The van der Waals surface area contributed by atoms with Gasteiger partial charge < -0.3 is 18.6 Å². The number of benzene rings is 1. The topological polar surface area (TPSA) is 100 Å². The SMILES string of the molecule is C[C@@H](O[Si](C)(C)C(C)(C)C)[C@H]1C(=O)N2C(C(=S)OCc3ccc([N+](=O)[O-])cc3)=C(C3COCOC3)S[C@H]12. The second-order valence-corrected chi connectivity index (χ2v) is 17.4. The number of hydrogen-bond donors (Lipinski definition) is 0. The lowest BCUT2D eigenvalue weighted by Gasteiger charge is -2.48. The Balaban J connectivity index is 1.52. The Labute approximate surface area is 228 Å². The summed E-state index contributed by atoms with van der Waals surface area (Å²) in [7, 11) is -2.06. The number of thioether (sulfide) groups is 1. The minimum absolute atomic E-state index is 0.00918. The van der Waals surface area contributed by atoms with Crippen LogP contribution in [0.1, 0.15) is 33.3 Å². The van der Waals surface area contributed by atoms with Crippen LogP contribution in [-0.2, 0) is 30.0 Å². The molecule has 3 aliphatic heterocycles. The van der Waals surface area contributed by atoms with Crippen LogP contribution in [0.2, 0.25) is 18.1 Å². The van der Waals surface area contributed by atoms with Crippen molar-refractivity contribution in [1.82, 2.24) is 4.90 Å². The Morgan fingerprint density at radius 2 is 1.89 bits per heavy atom. The highest BCUT2D eigenvalue weighted by Gasteiger charge is 2.59. The molecule has 0 aliphatic carbocycles. The number of β-lactam (4-membered cyclic amide) rings is 1. The van der Waals surface area contributed by atoms with E-state index in [0.29, 0.717) is 18.9 Å². The number of nitro benzene ring substituents is 1. The number of non-ortho nitro benzene ring substituents is 1. The van der Waals surface area contributed by atoms with Gasteiger partial charge in [0.1, 0.15) is 24.5 Å². The van der Waals surface area contributed by atoms with Gasteiger partial charge in [-0.05, 0) is 55.0 Å². The van der Waals surface area contributed by atoms with Crippen LogP contribution in [0.5, 0.6) is 0 Å². The standard InChI is InChI=1S/C25H34N2O7S2Si/c1-15(34-37(5,6)25(2,3)4)19-22(28)26-20(21(36-23(19)26)17-12-31-14-32-13-17)24(35)33-11-16-7-9-18(10-8-16)27(29)30/h7-10,15,17,19,23H,11-14H2,1-6H3/t15-,19+,23-/m1/s1. The summed E-state index contributed by atoms with van der Waals surface area (Å²) in [4.78, 5) is 26.7. The maximum Gasteiger partial charge on any atom is 0.269 e. The molecule has 37 heavy (non-hydrogen) atoms. The monoisotopic (exact) mass is 566 g/mol. The van der Waals surface area contributed by atoms with Gasteiger partial charge in [-0.25, -0.2) is 0 Å². The molecule has 0 radical (unpaired) electrons. The lowest BCUT2D eigenvalue weighted by atomic mass is 9.92. The highest BCUT2D eigenvalue weighted by molar-refractivity contribution is 8.04. The number of fused-ring (bicyclic) bond motifs is 1. The molecule has 0 bridgehead atoms. The average Bonchev–Trinajstić information content (AvgIpc) is 3.17. The molecule has 1 aromatic rings. The molecule has 0 aromatic heterocycles. The van der Waals surface area contributed by atoms with Crippen molar-refractivity contribution in [3.05, 3.63) is 50.5 Å². The molecule has 202 valence electrons. The first-order chi connectivity index (χ1) is 17.3. The van der Waals surface area contributed by atoms with E-state index in [9.17, 15) is 14.9 Å². The van der Waals surface area contributed by atoms with Gasteiger partial charge in [0.05, 0.1) is 30.2 Å². The number of ether oxygens (including phenoxy) is 3. The van der Waals surface area contributed by atoms with Crippen molar-refractivity contribution >= 4 is 48.9 Å². The van der Waals surface area contributed by atoms with Crippen molar-refractivity contribution in [2.75, 3.05) is 20.0 Å². The quantitative estimate of drug-likeness (QED) is 0.138. The van der Waals surface area contributed by atoms with E-state index in [1.807, 2.05) is 6.92 Å². The van der Waals surface area contributed by atoms with Gasteiger partial charge in [-0.1, -0.05) is 20.8 Å². The zero-order valence-electron chi connectivity index (χ0n) is 22.0. The lowest BCUT2D eigenvalue weighted by Crippen LogP contribution is -2.62. The summed E-state index contributed by atoms with van der Waals surface area (Å²) < 4.78 is 23.6. The molecule has 2 saturated heterocycles. The van der Waals surface area contributed by atoms with Gasteiger partial charge in [-0.15, -0.1) is 11.8 Å². The summed E-state index contributed by atoms with van der Waals surface area (Å²) >= 11 is 7.30. The molecular weight excluding hydrogens is 533 g/mol. The fourth-order valence-electron chi connectivity index (χ4n) is 4.36. The van der Waals surface area contributed by atoms with Gasteiger partial charge in [-0.2, -0.15) is 0 Å². The third-order valence-corrected chi connectivity index (χ3v) is 13.9. The number of carbonyl (C=O) groups excluding carboxylic acids is 1. The maximum absolute atomic E-state index is 13.5. The van der Waals surface area contributed by atoms with E-state index in [4.69, 9.17) is 30.9 Å². The van der Waals surface area contributed by atoms with Gasteiger partial charge in [0.2, 0.25) is 11.0 Å². The highest BCUT2D eigenvalue weighted by atomic mass is 32.2. The molecule has 0 unspecified atom stereocenters. The Morgan fingerprint density at radius 1 is 1.27 bits per heavy atom. The molecule has 9 nitrogen and oxygen atoms in total. The largest absolute Gasteiger partial charge is 0.477 e. The predicted octanol–water partition coefficient (Wildman–Crippen LogP) is 5.21.